The molecule has 3 unspecified atom stereocenters. The molecule has 1 rings (SSSR count). The fraction of sp³-hybridized carbons (Fsp3) is 0.846. The largest absolute Gasteiger partial charge is 0.481 e. The van der Waals surface area contributed by atoms with Gasteiger partial charge in [0, 0.05) is 17.7 Å². The molecule has 1 saturated carbocycles. The zero-order valence-corrected chi connectivity index (χ0v) is 13.0. The Morgan fingerprint density at radius 1 is 1.42 bits per heavy atom. The van der Waals surface area contributed by atoms with E-state index in [0.29, 0.717) is 12.2 Å². The zero-order valence-electron chi connectivity index (χ0n) is 11.3. The lowest BCUT2D eigenvalue weighted by Crippen LogP contribution is -2.47. The van der Waals surface area contributed by atoms with Crippen LogP contribution < -0.4 is 5.32 Å². The number of thiol groups is 1. The number of nitrogens with one attached hydrogen (secondary N) is 1. The first kappa shape index (κ1) is 16.7. The Labute approximate surface area is 124 Å². The summed E-state index contributed by atoms with van der Waals surface area (Å²) in [5.74, 6) is 0.0485. The van der Waals surface area contributed by atoms with Crippen molar-refractivity contribution in [1.29, 1.82) is 0 Å². The third-order valence-corrected chi connectivity index (χ3v) is 4.76. The van der Waals surface area contributed by atoms with E-state index in [1.165, 1.54) is 0 Å². The Hall–Kier alpha value is -0.360. The average Bonchev–Trinajstić information content (AvgIpc) is 2.40. The van der Waals surface area contributed by atoms with Gasteiger partial charge in [0.2, 0.25) is 5.91 Å². The molecule has 3 atom stereocenters. The number of aliphatic carboxylic acids is 1. The number of thioether (sulfide) groups is 1. The topological polar surface area (TPSA) is 66.4 Å². The molecule has 6 heteroatoms. The summed E-state index contributed by atoms with van der Waals surface area (Å²) in [4.78, 5) is 23.3. The Morgan fingerprint density at radius 2 is 2.11 bits per heavy atom. The van der Waals surface area contributed by atoms with Gasteiger partial charge in [0.15, 0.2) is 0 Å². The van der Waals surface area contributed by atoms with Gasteiger partial charge >= 0.3 is 5.97 Å². The highest BCUT2D eigenvalue weighted by atomic mass is 32.2. The molecule has 0 radical (unpaired) electrons. The first-order valence-corrected chi connectivity index (χ1v) is 8.75. The van der Waals surface area contributed by atoms with Crippen LogP contribution >= 0.6 is 24.4 Å². The van der Waals surface area contributed by atoms with E-state index in [0.717, 1.165) is 31.4 Å². The highest BCUT2D eigenvalue weighted by molar-refractivity contribution is 7.98. The number of carboxylic acid groups (broad SMARTS) is 1. The van der Waals surface area contributed by atoms with Crippen molar-refractivity contribution in [3.8, 4) is 0 Å². The standard InChI is InChI=1S/C13H23NO3S2/c1-19-7-6-9(8-18)12(15)14-11-5-3-2-4-10(11)13(16)17/h9-11,18H,2-8H2,1H3,(H,14,15)(H,16,17). The van der Waals surface area contributed by atoms with Gasteiger partial charge in [-0.2, -0.15) is 24.4 Å². The van der Waals surface area contributed by atoms with Gasteiger partial charge in [0.1, 0.15) is 0 Å². The molecule has 1 fully saturated rings. The molecule has 4 nitrogen and oxygen atoms in total. The van der Waals surface area contributed by atoms with Crippen molar-refractivity contribution < 1.29 is 14.7 Å². The molecule has 0 bridgehead atoms. The molecule has 19 heavy (non-hydrogen) atoms. The summed E-state index contributed by atoms with van der Waals surface area (Å²) < 4.78 is 0. The number of carbonyl (C=O) groups is 2. The van der Waals surface area contributed by atoms with Crippen LogP contribution in [-0.4, -0.2) is 40.8 Å². The van der Waals surface area contributed by atoms with Gasteiger partial charge in [-0.1, -0.05) is 12.8 Å². The fourth-order valence-corrected chi connectivity index (χ4v) is 3.33. The number of hydrogen-bond acceptors (Lipinski definition) is 4. The minimum Gasteiger partial charge on any atom is -0.481 e. The van der Waals surface area contributed by atoms with E-state index in [1.807, 2.05) is 6.26 Å². The smallest absolute Gasteiger partial charge is 0.308 e. The predicted molar refractivity (Wildman–Crippen MR) is 81.9 cm³/mol. The maximum absolute atomic E-state index is 12.2. The quantitative estimate of drug-likeness (QED) is 0.630. The molecule has 2 N–H and O–H groups in total. The molecule has 1 amide bonds. The highest BCUT2D eigenvalue weighted by Crippen LogP contribution is 2.25. The van der Waals surface area contributed by atoms with E-state index in [-0.39, 0.29) is 17.9 Å². The summed E-state index contributed by atoms with van der Waals surface area (Å²) in [5.41, 5.74) is 0. The van der Waals surface area contributed by atoms with Crippen molar-refractivity contribution in [2.75, 3.05) is 17.8 Å². The molecular formula is C13H23NO3S2. The van der Waals surface area contributed by atoms with Gasteiger partial charge in [0.25, 0.3) is 0 Å². The zero-order chi connectivity index (χ0) is 14.3. The molecule has 0 aliphatic heterocycles. The van der Waals surface area contributed by atoms with E-state index in [9.17, 15) is 14.7 Å². The Balaban J connectivity index is 2.54. The predicted octanol–water partition coefficient (Wildman–Crippen LogP) is 2.05. The molecular weight excluding hydrogens is 282 g/mol. The Morgan fingerprint density at radius 3 is 2.68 bits per heavy atom. The maximum Gasteiger partial charge on any atom is 0.308 e. The van der Waals surface area contributed by atoms with Crippen LogP contribution in [0.25, 0.3) is 0 Å². The van der Waals surface area contributed by atoms with Gasteiger partial charge in [-0.15, -0.1) is 0 Å². The molecule has 0 aromatic heterocycles. The lowest BCUT2D eigenvalue weighted by atomic mass is 9.84. The summed E-state index contributed by atoms with van der Waals surface area (Å²) in [5, 5.41) is 12.1. The highest BCUT2D eigenvalue weighted by Gasteiger charge is 2.32. The second-order valence-corrected chi connectivity index (χ2v) is 6.36. The summed E-state index contributed by atoms with van der Waals surface area (Å²) in [6, 6.07) is -0.213. The monoisotopic (exact) mass is 305 g/mol. The Kier molecular flexibility index (Phi) is 7.68. The van der Waals surface area contributed by atoms with Gasteiger partial charge in [-0.3, -0.25) is 9.59 Å². The van der Waals surface area contributed by atoms with Crippen molar-refractivity contribution in [2.45, 2.75) is 38.1 Å². The van der Waals surface area contributed by atoms with E-state index in [2.05, 4.69) is 17.9 Å². The van der Waals surface area contributed by atoms with Crippen LogP contribution in [0.15, 0.2) is 0 Å². The summed E-state index contributed by atoms with van der Waals surface area (Å²) >= 11 is 5.93. The fourth-order valence-electron chi connectivity index (χ4n) is 2.47. The van der Waals surface area contributed by atoms with Gasteiger partial charge in [0.05, 0.1) is 5.92 Å². The molecule has 0 spiro atoms. The van der Waals surface area contributed by atoms with Crippen molar-refractivity contribution in [2.24, 2.45) is 11.8 Å². The van der Waals surface area contributed by atoms with Crippen LogP contribution in [0.4, 0.5) is 0 Å². The van der Waals surface area contributed by atoms with Crippen molar-refractivity contribution >= 4 is 36.3 Å². The normalized spacial score (nSPS) is 24.7. The third kappa shape index (κ3) is 5.26. The molecule has 0 aromatic carbocycles. The van der Waals surface area contributed by atoms with Crippen LogP contribution in [0, 0.1) is 11.8 Å². The molecule has 1 aliphatic carbocycles. The SMILES string of the molecule is CSCCC(CS)C(=O)NC1CCCCC1C(=O)O. The van der Waals surface area contributed by atoms with E-state index < -0.39 is 11.9 Å². The summed E-state index contributed by atoms with van der Waals surface area (Å²) in [6.07, 6.45) is 6.16. The number of rotatable bonds is 7. The van der Waals surface area contributed by atoms with Crippen LogP contribution in [0.2, 0.25) is 0 Å². The van der Waals surface area contributed by atoms with Crippen molar-refractivity contribution in [1.82, 2.24) is 5.32 Å². The Bertz CT molecular complexity index is 312. The van der Waals surface area contributed by atoms with E-state index in [4.69, 9.17) is 0 Å². The van der Waals surface area contributed by atoms with Crippen LogP contribution in [0.5, 0.6) is 0 Å². The number of amides is 1. The molecule has 0 saturated heterocycles. The lowest BCUT2D eigenvalue weighted by Gasteiger charge is -2.30. The lowest BCUT2D eigenvalue weighted by molar-refractivity contribution is -0.144. The first-order valence-electron chi connectivity index (χ1n) is 6.73. The van der Waals surface area contributed by atoms with Crippen LogP contribution in [0.1, 0.15) is 32.1 Å². The average molecular weight is 305 g/mol. The van der Waals surface area contributed by atoms with Gasteiger partial charge in [-0.05, 0) is 31.3 Å². The maximum atomic E-state index is 12.2. The first-order chi connectivity index (χ1) is 9.10. The molecule has 0 heterocycles. The van der Waals surface area contributed by atoms with Gasteiger partial charge < -0.3 is 10.4 Å². The van der Waals surface area contributed by atoms with Crippen LogP contribution in [0.3, 0.4) is 0 Å². The summed E-state index contributed by atoms with van der Waals surface area (Å²) in [7, 11) is 0. The third-order valence-electron chi connectivity index (χ3n) is 3.67. The molecule has 110 valence electrons. The van der Waals surface area contributed by atoms with Crippen molar-refractivity contribution in [3.05, 3.63) is 0 Å². The molecule has 0 aromatic rings. The number of carboxylic acids is 1. The van der Waals surface area contributed by atoms with Crippen LogP contribution in [-0.2, 0) is 9.59 Å². The van der Waals surface area contributed by atoms with E-state index >= 15 is 0 Å². The second-order valence-electron chi connectivity index (χ2n) is 5.01. The summed E-state index contributed by atoms with van der Waals surface area (Å²) in [6.45, 7) is 0. The minimum absolute atomic E-state index is 0.0396. The number of carbonyl (C=O) groups excluding carboxylic acids is 1. The van der Waals surface area contributed by atoms with Gasteiger partial charge in [-0.25, -0.2) is 0 Å². The van der Waals surface area contributed by atoms with E-state index in [1.54, 1.807) is 11.8 Å². The van der Waals surface area contributed by atoms with Crippen molar-refractivity contribution in [3.63, 3.8) is 0 Å². The number of hydrogen-bond donors (Lipinski definition) is 3. The minimum atomic E-state index is -0.795. The molecule has 1 aliphatic rings. The second kappa shape index (κ2) is 8.74.